The molecule has 20 heavy (non-hydrogen) atoms. The number of nitrogens with zero attached hydrogens (tertiary/aromatic N) is 2. The molecule has 0 aliphatic rings. The summed E-state index contributed by atoms with van der Waals surface area (Å²) in [6, 6.07) is 4.70. The van der Waals surface area contributed by atoms with E-state index >= 15 is 0 Å². The number of aromatic hydroxyl groups is 1. The Labute approximate surface area is 115 Å². The van der Waals surface area contributed by atoms with Gasteiger partial charge in [-0.05, 0) is 32.0 Å². The summed E-state index contributed by atoms with van der Waals surface area (Å²) in [5, 5.41) is 19.8. The van der Waals surface area contributed by atoms with E-state index in [0.717, 1.165) is 0 Å². The topological polar surface area (TPSA) is 97.3 Å². The number of phenols is 1. The van der Waals surface area contributed by atoms with Crippen molar-refractivity contribution in [2.24, 2.45) is 0 Å². The molecule has 2 aromatic rings. The zero-order valence-electron chi connectivity index (χ0n) is 11.2. The van der Waals surface area contributed by atoms with Crippen molar-refractivity contribution in [1.29, 1.82) is 0 Å². The number of ether oxygens (including phenoxy) is 2. The first-order valence-electron chi connectivity index (χ1n) is 6.21. The van der Waals surface area contributed by atoms with Crippen molar-refractivity contribution in [3.8, 4) is 22.8 Å². The van der Waals surface area contributed by atoms with Crippen LogP contribution in [0.4, 0.5) is 0 Å². The van der Waals surface area contributed by atoms with Crippen LogP contribution in [0.3, 0.4) is 0 Å². The number of aromatic amines is 1. The van der Waals surface area contributed by atoms with Gasteiger partial charge in [0, 0.05) is 5.56 Å². The predicted octanol–water partition coefficient (Wildman–Crippen LogP) is 1.75. The summed E-state index contributed by atoms with van der Waals surface area (Å²) in [6.07, 6.45) is 0. The smallest absolute Gasteiger partial charge is 0.361 e. The largest absolute Gasteiger partial charge is 0.504 e. The Hall–Kier alpha value is -2.57. The van der Waals surface area contributed by atoms with Crippen LogP contribution in [0.15, 0.2) is 18.2 Å². The number of rotatable bonds is 5. The lowest BCUT2D eigenvalue weighted by molar-refractivity contribution is 0.0520. The fourth-order valence-electron chi connectivity index (χ4n) is 1.71. The van der Waals surface area contributed by atoms with Gasteiger partial charge in [0.2, 0.25) is 0 Å². The molecular weight excluding hydrogens is 262 g/mol. The van der Waals surface area contributed by atoms with Crippen LogP contribution in [0.1, 0.15) is 24.3 Å². The molecule has 1 aromatic carbocycles. The van der Waals surface area contributed by atoms with Crippen LogP contribution in [0.5, 0.6) is 11.5 Å². The Balaban J connectivity index is 2.39. The van der Waals surface area contributed by atoms with E-state index in [1.807, 2.05) is 6.92 Å². The van der Waals surface area contributed by atoms with Crippen molar-refractivity contribution in [2.45, 2.75) is 13.8 Å². The highest BCUT2D eigenvalue weighted by Crippen LogP contribution is 2.31. The molecule has 0 unspecified atom stereocenters. The number of benzene rings is 1. The second-order valence-electron chi connectivity index (χ2n) is 3.86. The summed E-state index contributed by atoms with van der Waals surface area (Å²) in [6.45, 7) is 4.20. The number of carbonyl (C=O) groups excluding carboxylic acids is 1. The highest BCUT2D eigenvalue weighted by molar-refractivity contribution is 5.94. The van der Waals surface area contributed by atoms with Crippen LogP contribution in [0.2, 0.25) is 0 Å². The molecule has 7 heteroatoms. The van der Waals surface area contributed by atoms with Gasteiger partial charge >= 0.3 is 5.97 Å². The van der Waals surface area contributed by atoms with Crippen LogP contribution in [-0.2, 0) is 4.74 Å². The van der Waals surface area contributed by atoms with E-state index < -0.39 is 5.97 Å². The highest BCUT2D eigenvalue weighted by Gasteiger charge is 2.20. The normalized spacial score (nSPS) is 10.3. The van der Waals surface area contributed by atoms with Gasteiger partial charge in [-0.15, -0.1) is 5.10 Å². The number of carbonyl (C=O) groups is 1. The number of esters is 1. The molecule has 2 rings (SSSR count). The van der Waals surface area contributed by atoms with Crippen molar-refractivity contribution in [3.63, 3.8) is 0 Å². The average molecular weight is 277 g/mol. The van der Waals surface area contributed by atoms with E-state index in [0.29, 0.717) is 23.6 Å². The van der Waals surface area contributed by atoms with Crippen molar-refractivity contribution < 1.29 is 19.4 Å². The van der Waals surface area contributed by atoms with Gasteiger partial charge in [0.05, 0.1) is 13.2 Å². The third-order valence-electron chi connectivity index (χ3n) is 2.55. The minimum Gasteiger partial charge on any atom is -0.504 e. The van der Waals surface area contributed by atoms with Crippen LogP contribution >= 0.6 is 0 Å². The quantitative estimate of drug-likeness (QED) is 0.808. The zero-order chi connectivity index (χ0) is 14.5. The van der Waals surface area contributed by atoms with Gasteiger partial charge in [-0.25, -0.2) is 4.79 Å². The Morgan fingerprint density at radius 2 is 2.10 bits per heavy atom. The summed E-state index contributed by atoms with van der Waals surface area (Å²) < 4.78 is 10.2. The first kappa shape index (κ1) is 13.9. The van der Waals surface area contributed by atoms with E-state index in [1.54, 1.807) is 19.1 Å². The van der Waals surface area contributed by atoms with Crippen molar-refractivity contribution in [2.75, 3.05) is 13.2 Å². The molecule has 0 amide bonds. The average Bonchev–Trinajstić information content (AvgIpc) is 2.91. The molecule has 1 heterocycles. The number of H-pyrrole nitrogens is 1. The lowest BCUT2D eigenvalue weighted by Gasteiger charge is -2.07. The maximum absolute atomic E-state index is 11.8. The van der Waals surface area contributed by atoms with Gasteiger partial charge in [-0.1, -0.05) is 0 Å². The van der Waals surface area contributed by atoms with Gasteiger partial charge in [0.25, 0.3) is 0 Å². The second-order valence-corrected chi connectivity index (χ2v) is 3.86. The summed E-state index contributed by atoms with van der Waals surface area (Å²) in [4.78, 5) is 11.8. The van der Waals surface area contributed by atoms with E-state index in [4.69, 9.17) is 9.47 Å². The van der Waals surface area contributed by atoms with Crippen LogP contribution in [0, 0.1) is 0 Å². The molecular formula is C13H15N3O4. The Kier molecular flexibility index (Phi) is 4.19. The predicted molar refractivity (Wildman–Crippen MR) is 70.6 cm³/mol. The van der Waals surface area contributed by atoms with E-state index in [1.165, 1.54) is 6.07 Å². The molecule has 0 aliphatic carbocycles. The maximum Gasteiger partial charge on any atom is 0.361 e. The summed E-state index contributed by atoms with van der Waals surface area (Å²) in [5.41, 5.74) is 1.05. The number of phenolic OH excluding ortho intramolecular Hbond substituents is 1. The molecule has 2 N–H and O–H groups in total. The Morgan fingerprint density at radius 1 is 1.30 bits per heavy atom. The fourth-order valence-corrected chi connectivity index (χ4v) is 1.71. The lowest BCUT2D eigenvalue weighted by Crippen LogP contribution is -2.06. The molecule has 0 radical (unpaired) electrons. The number of aromatic nitrogens is 3. The third-order valence-corrected chi connectivity index (χ3v) is 2.55. The van der Waals surface area contributed by atoms with E-state index in [-0.39, 0.29) is 18.1 Å². The maximum atomic E-state index is 11.8. The monoisotopic (exact) mass is 277 g/mol. The molecule has 0 bridgehead atoms. The van der Waals surface area contributed by atoms with Crippen LogP contribution < -0.4 is 4.74 Å². The minimum absolute atomic E-state index is 0.0248. The molecule has 106 valence electrons. The molecule has 0 aliphatic heterocycles. The van der Waals surface area contributed by atoms with Gasteiger partial charge in [0.15, 0.2) is 17.2 Å². The number of hydrogen-bond donors (Lipinski definition) is 2. The SMILES string of the molecule is CCOC(=O)c1n[nH]nc1-c1ccc(O)c(OCC)c1. The molecule has 1 aromatic heterocycles. The first-order chi connectivity index (χ1) is 9.67. The van der Waals surface area contributed by atoms with Crippen molar-refractivity contribution in [1.82, 2.24) is 15.4 Å². The zero-order valence-corrected chi connectivity index (χ0v) is 11.2. The fraction of sp³-hybridized carbons (Fsp3) is 0.308. The molecule has 0 spiro atoms. The summed E-state index contributed by atoms with van der Waals surface area (Å²) in [7, 11) is 0. The van der Waals surface area contributed by atoms with Crippen molar-refractivity contribution >= 4 is 5.97 Å². The molecule has 0 saturated heterocycles. The highest BCUT2D eigenvalue weighted by atomic mass is 16.5. The molecule has 0 fully saturated rings. The van der Waals surface area contributed by atoms with E-state index in [9.17, 15) is 9.90 Å². The Morgan fingerprint density at radius 3 is 2.80 bits per heavy atom. The van der Waals surface area contributed by atoms with Crippen LogP contribution in [0.25, 0.3) is 11.3 Å². The first-order valence-corrected chi connectivity index (χ1v) is 6.21. The Bertz CT molecular complexity index is 609. The summed E-state index contributed by atoms with van der Waals surface area (Å²) >= 11 is 0. The number of nitrogens with one attached hydrogen (secondary N) is 1. The minimum atomic E-state index is -0.553. The summed E-state index contributed by atoms with van der Waals surface area (Å²) in [5.74, 6) is -0.207. The van der Waals surface area contributed by atoms with Gasteiger partial charge < -0.3 is 14.6 Å². The molecule has 0 saturated carbocycles. The van der Waals surface area contributed by atoms with Gasteiger partial charge in [-0.3, -0.25) is 0 Å². The molecule has 7 nitrogen and oxygen atoms in total. The van der Waals surface area contributed by atoms with Crippen molar-refractivity contribution in [3.05, 3.63) is 23.9 Å². The van der Waals surface area contributed by atoms with Crippen LogP contribution in [-0.4, -0.2) is 39.7 Å². The lowest BCUT2D eigenvalue weighted by atomic mass is 10.1. The van der Waals surface area contributed by atoms with Gasteiger partial charge in [0.1, 0.15) is 5.69 Å². The number of hydrogen-bond acceptors (Lipinski definition) is 6. The second kappa shape index (κ2) is 6.05. The van der Waals surface area contributed by atoms with Gasteiger partial charge in [-0.2, -0.15) is 10.3 Å². The standard InChI is InChI=1S/C13H15N3O4/c1-3-19-10-7-8(5-6-9(10)17)11-12(15-16-14-11)13(18)20-4-2/h5-7,17H,3-4H2,1-2H3,(H,14,15,16). The third kappa shape index (κ3) is 2.71. The molecule has 0 atom stereocenters. The van der Waals surface area contributed by atoms with E-state index in [2.05, 4.69) is 15.4 Å².